The lowest BCUT2D eigenvalue weighted by atomic mass is 10.1. The SMILES string of the molecule is Cc1cc(O)ccc1C(=O)NCCN=[N+]=[N-]. The molecule has 16 heavy (non-hydrogen) atoms. The van der Waals surface area contributed by atoms with Gasteiger partial charge in [0.25, 0.3) is 5.91 Å². The Labute approximate surface area is 92.5 Å². The van der Waals surface area contributed by atoms with E-state index in [9.17, 15) is 9.90 Å². The minimum atomic E-state index is -0.245. The minimum absolute atomic E-state index is 0.128. The first-order valence-electron chi connectivity index (χ1n) is 4.74. The fourth-order valence-electron chi connectivity index (χ4n) is 1.26. The fraction of sp³-hybridized carbons (Fsp3) is 0.300. The van der Waals surface area contributed by atoms with Crippen LogP contribution in [0.3, 0.4) is 0 Å². The number of carbonyl (C=O) groups is 1. The normalized spacial score (nSPS) is 9.31. The average molecular weight is 220 g/mol. The fourth-order valence-corrected chi connectivity index (χ4v) is 1.26. The second-order valence-electron chi connectivity index (χ2n) is 3.21. The highest BCUT2D eigenvalue weighted by Crippen LogP contribution is 2.15. The van der Waals surface area contributed by atoms with Gasteiger partial charge in [-0.25, -0.2) is 0 Å². The number of benzene rings is 1. The first kappa shape index (κ1) is 11.9. The zero-order chi connectivity index (χ0) is 12.0. The molecule has 6 nitrogen and oxygen atoms in total. The Hall–Kier alpha value is -2.20. The predicted molar refractivity (Wildman–Crippen MR) is 59.2 cm³/mol. The number of hydrogen-bond acceptors (Lipinski definition) is 3. The molecule has 0 spiro atoms. The van der Waals surface area contributed by atoms with Crippen LogP contribution in [0.2, 0.25) is 0 Å². The van der Waals surface area contributed by atoms with Gasteiger partial charge < -0.3 is 10.4 Å². The summed E-state index contributed by atoms with van der Waals surface area (Å²) in [6.07, 6.45) is 0. The van der Waals surface area contributed by atoms with Crippen LogP contribution in [0.15, 0.2) is 23.3 Å². The van der Waals surface area contributed by atoms with Crippen molar-refractivity contribution in [3.05, 3.63) is 39.8 Å². The largest absolute Gasteiger partial charge is 0.508 e. The molecule has 0 aliphatic carbocycles. The van der Waals surface area contributed by atoms with Crippen molar-refractivity contribution in [3.63, 3.8) is 0 Å². The lowest BCUT2D eigenvalue weighted by Gasteiger charge is -2.06. The lowest BCUT2D eigenvalue weighted by molar-refractivity contribution is 0.0954. The number of aryl methyl sites for hydroxylation is 1. The highest BCUT2D eigenvalue weighted by atomic mass is 16.3. The summed E-state index contributed by atoms with van der Waals surface area (Å²) in [6.45, 7) is 2.25. The Morgan fingerprint density at radius 2 is 2.38 bits per heavy atom. The number of aromatic hydroxyl groups is 1. The van der Waals surface area contributed by atoms with Crippen LogP contribution in [0.1, 0.15) is 15.9 Å². The average Bonchev–Trinajstić information content (AvgIpc) is 2.24. The molecule has 0 aromatic heterocycles. The molecular formula is C10H12N4O2. The van der Waals surface area contributed by atoms with Crippen molar-refractivity contribution in [2.45, 2.75) is 6.92 Å². The summed E-state index contributed by atoms with van der Waals surface area (Å²) in [7, 11) is 0. The molecule has 6 heteroatoms. The van der Waals surface area contributed by atoms with Crippen LogP contribution in [-0.4, -0.2) is 24.1 Å². The van der Waals surface area contributed by atoms with E-state index in [0.29, 0.717) is 17.7 Å². The molecule has 0 atom stereocenters. The Morgan fingerprint density at radius 3 is 3.00 bits per heavy atom. The maximum absolute atomic E-state index is 11.6. The maximum Gasteiger partial charge on any atom is 0.251 e. The first-order chi connectivity index (χ1) is 7.65. The Morgan fingerprint density at radius 1 is 1.62 bits per heavy atom. The first-order valence-corrected chi connectivity index (χ1v) is 4.74. The summed E-state index contributed by atoms with van der Waals surface area (Å²) in [6, 6.07) is 4.52. The van der Waals surface area contributed by atoms with Crippen LogP contribution < -0.4 is 5.32 Å². The third-order valence-corrected chi connectivity index (χ3v) is 2.02. The van der Waals surface area contributed by atoms with Gasteiger partial charge in [0, 0.05) is 23.6 Å². The van der Waals surface area contributed by atoms with E-state index in [4.69, 9.17) is 5.53 Å². The molecule has 0 aliphatic heterocycles. The number of carbonyl (C=O) groups excluding carboxylic acids is 1. The van der Waals surface area contributed by atoms with Gasteiger partial charge in [0.2, 0.25) is 0 Å². The molecule has 0 saturated heterocycles. The minimum Gasteiger partial charge on any atom is -0.508 e. The van der Waals surface area contributed by atoms with Gasteiger partial charge in [0.05, 0.1) is 0 Å². The maximum atomic E-state index is 11.6. The van der Waals surface area contributed by atoms with Crippen LogP contribution in [0.25, 0.3) is 10.4 Å². The number of hydrogen-bond donors (Lipinski definition) is 2. The van der Waals surface area contributed by atoms with Gasteiger partial charge in [-0.15, -0.1) is 0 Å². The van der Waals surface area contributed by atoms with Crippen LogP contribution in [-0.2, 0) is 0 Å². The van der Waals surface area contributed by atoms with E-state index in [1.165, 1.54) is 12.1 Å². The van der Waals surface area contributed by atoms with E-state index in [1.807, 2.05) is 0 Å². The van der Waals surface area contributed by atoms with Crippen molar-refractivity contribution in [2.75, 3.05) is 13.1 Å². The third-order valence-electron chi connectivity index (χ3n) is 2.02. The van der Waals surface area contributed by atoms with Gasteiger partial charge in [-0.1, -0.05) is 5.11 Å². The second kappa shape index (κ2) is 5.63. The van der Waals surface area contributed by atoms with E-state index in [1.54, 1.807) is 13.0 Å². The topological polar surface area (TPSA) is 98.1 Å². The quantitative estimate of drug-likeness (QED) is 0.349. The van der Waals surface area contributed by atoms with Gasteiger partial charge in [-0.3, -0.25) is 4.79 Å². The van der Waals surface area contributed by atoms with Gasteiger partial charge in [0.1, 0.15) is 5.75 Å². The van der Waals surface area contributed by atoms with Crippen molar-refractivity contribution in [1.29, 1.82) is 0 Å². The predicted octanol–water partition coefficient (Wildman–Crippen LogP) is 1.74. The smallest absolute Gasteiger partial charge is 0.251 e. The standard InChI is InChI=1S/C10H12N4O2/c1-7-6-8(15)2-3-9(7)10(16)12-4-5-13-14-11/h2-3,6,15H,4-5H2,1H3,(H,12,16). The molecule has 1 rings (SSSR count). The molecule has 0 radical (unpaired) electrons. The van der Waals surface area contributed by atoms with Crippen LogP contribution in [0, 0.1) is 6.92 Å². The number of nitrogens with zero attached hydrogens (tertiary/aromatic N) is 3. The number of rotatable bonds is 4. The summed E-state index contributed by atoms with van der Waals surface area (Å²) in [5, 5.41) is 15.1. The molecule has 0 saturated carbocycles. The highest BCUT2D eigenvalue weighted by molar-refractivity contribution is 5.95. The summed E-state index contributed by atoms with van der Waals surface area (Å²) < 4.78 is 0. The number of phenolic OH excluding ortho intramolecular Hbond substituents is 1. The molecule has 84 valence electrons. The molecule has 0 aliphatic rings. The summed E-state index contributed by atoms with van der Waals surface area (Å²) >= 11 is 0. The van der Waals surface area contributed by atoms with E-state index >= 15 is 0 Å². The molecular weight excluding hydrogens is 208 g/mol. The monoisotopic (exact) mass is 220 g/mol. The Kier molecular flexibility index (Phi) is 4.17. The molecule has 2 N–H and O–H groups in total. The van der Waals surface area contributed by atoms with Crippen LogP contribution in [0.4, 0.5) is 0 Å². The van der Waals surface area contributed by atoms with Gasteiger partial charge >= 0.3 is 0 Å². The number of amides is 1. The van der Waals surface area contributed by atoms with E-state index in [0.717, 1.165) is 0 Å². The lowest BCUT2D eigenvalue weighted by Crippen LogP contribution is -2.26. The summed E-state index contributed by atoms with van der Waals surface area (Å²) in [5.74, 6) is -0.117. The van der Waals surface area contributed by atoms with Crippen LogP contribution in [0.5, 0.6) is 5.75 Å². The highest BCUT2D eigenvalue weighted by Gasteiger charge is 2.07. The van der Waals surface area contributed by atoms with E-state index < -0.39 is 0 Å². The Bertz CT molecular complexity index is 438. The number of nitrogens with one attached hydrogen (secondary N) is 1. The molecule has 0 bridgehead atoms. The number of phenols is 1. The van der Waals surface area contributed by atoms with Crippen molar-refractivity contribution >= 4 is 5.91 Å². The zero-order valence-corrected chi connectivity index (χ0v) is 8.84. The third kappa shape index (κ3) is 3.18. The Balaban J connectivity index is 2.62. The van der Waals surface area contributed by atoms with Crippen LogP contribution >= 0.6 is 0 Å². The van der Waals surface area contributed by atoms with Crippen molar-refractivity contribution in [3.8, 4) is 5.75 Å². The summed E-state index contributed by atoms with van der Waals surface area (Å²) in [5.41, 5.74) is 9.24. The van der Waals surface area contributed by atoms with Gasteiger partial charge in [0.15, 0.2) is 0 Å². The van der Waals surface area contributed by atoms with Gasteiger partial charge in [-0.05, 0) is 36.2 Å². The zero-order valence-electron chi connectivity index (χ0n) is 8.84. The molecule has 1 amide bonds. The molecule has 1 aromatic carbocycles. The molecule has 0 heterocycles. The van der Waals surface area contributed by atoms with E-state index in [2.05, 4.69) is 15.3 Å². The number of azide groups is 1. The van der Waals surface area contributed by atoms with Crippen molar-refractivity contribution in [1.82, 2.24) is 5.32 Å². The van der Waals surface area contributed by atoms with Crippen molar-refractivity contribution in [2.24, 2.45) is 5.11 Å². The second-order valence-corrected chi connectivity index (χ2v) is 3.21. The molecule has 0 unspecified atom stereocenters. The summed E-state index contributed by atoms with van der Waals surface area (Å²) in [4.78, 5) is 14.2. The molecule has 1 aromatic rings. The van der Waals surface area contributed by atoms with E-state index in [-0.39, 0.29) is 18.2 Å². The van der Waals surface area contributed by atoms with Crippen molar-refractivity contribution < 1.29 is 9.90 Å². The molecule has 0 fully saturated rings. The van der Waals surface area contributed by atoms with Gasteiger partial charge in [-0.2, -0.15) is 0 Å².